The average molecular weight is 257 g/mol. The van der Waals surface area contributed by atoms with Gasteiger partial charge < -0.3 is 5.11 Å². The maximum Gasteiger partial charge on any atom is 0.357 e. The number of fused-ring (bicyclic) bond motifs is 1. The van der Waals surface area contributed by atoms with Gasteiger partial charge in [0, 0.05) is 18.4 Å². The lowest BCUT2D eigenvalue weighted by Gasteiger charge is -2.07. The van der Waals surface area contributed by atoms with Crippen molar-refractivity contribution in [1.29, 1.82) is 5.26 Å². The van der Waals surface area contributed by atoms with E-state index in [0.717, 1.165) is 4.68 Å². The summed E-state index contributed by atoms with van der Waals surface area (Å²) in [5.74, 6) is -1.18. The number of carboxylic acid groups (broad SMARTS) is 1. The van der Waals surface area contributed by atoms with Crippen molar-refractivity contribution in [1.82, 2.24) is 9.78 Å². The van der Waals surface area contributed by atoms with Crippen LogP contribution in [0.4, 0.5) is 0 Å². The summed E-state index contributed by atoms with van der Waals surface area (Å²) in [5.41, 5.74) is -0.481. The molecule has 0 radical (unpaired) electrons. The molecule has 0 atom stereocenters. The van der Waals surface area contributed by atoms with Gasteiger partial charge in [0.2, 0.25) is 0 Å². The predicted octanol–water partition coefficient (Wildman–Crippen LogP) is 1.40. The fraction of sp³-hybridized carbons (Fsp3) is 0.231. The third-order valence-corrected chi connectivity index (χ3v) is 2.73. The molecule has 2 aromatic rings. The van der Waals surface area contributed by atoms with Crippen LogP contribution in [0.2, 0.25) is 0 Å². The first-order valence-corrected chi connectivity index (χ1v) is 5.75. The predicted molar refractivity (Wildman–Crippen MR) is 67.8 cm³/mol. The number of nitrogens with zero attached hydrogens (tertiary/aromatic N) is 3. The van der Waals surface area contributed by atoms with Crippen LogP contribution in [0.25, 0.3) is 10.8 Å². The van der Waals surface area contributed by atoms with Gasteiger partial charge in [-0.05, 0) is 12.5 Å². The van der Waals surface area contributed by atoms with Crippen molar-refractivity contribution in [3.63, 3.8) is 0 Å². The van der Waals surface area contributed by atoms with Crippen LogP contribution < -0.4 is 5.56 Å². The van der Waals surface area contributed by atoms with Crippen LogP contribution in [0.3, 0.4) is 0 Å². The van der Waals surface area contributed by atoms with Crippen molar-refractivity contribution in [2.24, 2.45) is 0 Å². The molecule has 0 aliphatic carbocycles. The summed E-state index contributed by atoms with van der Waals surface area (Å²) < 4.78 is 1.11. The number of aryl methyl sites for hydroxylation is 1. The van der Waals surface area contributed by atoms with Crippen LogP contribution in [0.15, 0.2) is 29.1 Å². The summed E-state index contributed by atoms with van der Waals surface area (Å²) in [5, 5.41) is 22.1. The van der Waals surface area contributed by atoms with Gasteiger partial charge in [-0.15, -0.1) is 0 Å². The number of rotatable bonds is 4. The minimum atomic E-state index is -1.18. The Morgan fingerprint density at radius 2 is 2.05 bits per heavy atom. The molecule has 96 valence electrons. The number of carboxylic acids is 1. The van der Waals surface area contributed by atoms with Crippen LogP contribution in [-0.4, -0.2) is 20.9 Å². The van der Waals surface area contributed by atoms with E-state index < -0.39 is 5.97 Å². The number of hydrogen-bond donors (Lipinski definition) is 1. The van der Waals surface area contributed by atoms with Gasteiger partial charge in [-0.2, -0.15) is 10.4 Å². The highest BCUT2D eigenvalue weighted by Crippen LogP contribution is 2.13. The topological polar surface area (TPSA) is 96.0 Å². The molecule has 0 amide bonds. The average Bonchev–Trinajstić information content (AvgIpc) is 2.41. The lowest BCUT2D eigenvalue weighted by Crippen LogP contribution is -2.26. The van der Waals surface area contributed by atoms with Gasteiger partial charge in [0.15, 0.2) is 5.69 Å². The van der Waals surface area contributed by atoms with E-state index in [4.69, 9.17) is 10.4 Å². The standard InChI is InChI=1S/C13H11N3O3/c14-7-3-4-8-16-12(17)10-6-2-1-5-9(10)11(15-16)13(18)19/h1-2,5-6H,3-4,8H2,(H,18,19). The minimum absolute atomic E-state index is 0.146. The molecule has 2 rings (SSSR count). The Balaban J connectivity index is 2.60. The second kappa shape index (κ2) is 5.31. The summed E-state index contributed by atoms with van der Waals surface area (Å²) in [7, 11) is 0. The van der Waals surface area contributed by atoms with Crippen molar-refractivity contribution < 1.29 is 9.90 Å². The summed E-state index contributed by atoms with van der Waals surface area (Å²) in [4.78, 5) is 23.3. The van der Waals surface area contributed by atoms with Crippen molar-refractivity contribution >= 4 is 16.7 Å². The Bertz CT molecular complexity index is 728. The highest BCUT2D eigenvalue weighted by molar-refractivity contribution is 6.01. The number of aromatic carboxylic acids is 1. The third kappa shape index (κ3) is 2.45. The first-order valence-electron chi connectivity index (χ1n) is 5.75. The Hall–Kier alpha value is -2.68. The number of hydrogen-bond acceptors (Lipinski definition) is 4. The molecule has 0 saturated heterocycles. The van der Waals surface area contributed by atoms with E-state index in [1.807, 2.05) is 6.07 Å². The van der Waals surface area contributed by atoms with Gasteiger partial charge in [-0.25, -0.2) is 9.48 Å². The van der Waals surface area contributed by atoms with Gasteiger partial charge in [-0.3, -0.25) is 4.79 Å². The van der Waals surface area contributed by atoms with E-state index in [1.54, 1.807) is 24.3 Å². The third-order valence-electron chi connectivity index (χ3n) is 2.73. The number of benzene rings is 1. The fourth-order valence-electron chi connectivity index (χ4n) is 1.85. The van der Waals surface area contributed by atoms with Crippen LogP contribution in [-0.2, 0) is 6.54 Å². The fourth-order valence-corrected chi connectivity index (χ4v) is 1.85. The molecule has 0 aliphatic heterocycles. The van der Waals surface area contributed by atoms with Crippen molar-refractivity contribution in [3.8, 4) is 6.07 Å². The SMILES string of the molecule is N#CCCCn1nc(C(=O)O)c2ccccc2c1=O. The van der Waals surface area contributed by atoms with E-state index in [9.17, 15) is 9.59 Å². The van der Waals surface area contributed by atoms with Crippen molar-refractivity contribution in [3.05, 3.63) is 40.3 Å². The second-order valence-corrected chi connectivity index (χ2v) is 3.99. The van der Waals surface area contributed by atoms with Crippen molar-refractivity contribution in [2.45, 2.75) is 19.4 Å². The zero-order chi connectivity index (χ0) is 13.8. The zero-order valence-corrected chi connectivity index (χ0v) is 10.0. The molecule has 0 aliphatic rings. The van der Waals surface area contributed by atoms with Crippen LogP contribution in [0.1, 0.15) is 23.3 Å². The molecular weight excluding hydrogens is 246 g/mol. The van der Waals surface area contributed by atoms with Gasteiger partial charge in [0.1, 0.15) is 0 Å². The number of unbranched alkanes of at least 4 members (excludes halogenated alkanes) is 1. The molecule has 1 heterocycles. The first kappa shape index (κ1) is 12.8. The molecule has 0 fully saturated rings. The molecule has 19 heavy (non-hydrogen) atoms. The largest absolute Gasteiger partial charge is 0.476 e. The summed E-state index contributed by atoms with van der Waals surface area (Å²) in [6, 6.07) is 8.45. The summed E-state index contributed by atoms with van der Waals surface area (Å²) >= 11 is 0. The Morgan fingerprint density at radius 1 is 1.37 bits per heavy atom. The lowest BCUT2D eigenvalue weighted by atomic mass is 10.1. The van der Waals surface area contributed by atoms with Gasteiger partial charge in [0.05, 0.1) is 11.5 Å². The molecule has 0 saturated carbocycles. The van der Waals surface area contributed by atoms with Gasteiger partial charge in [0.25, 0.3) is 5.56 Å². The van der Waals surface area contributed by atoms with E-state index in [2.05, 4.69) is 5.10 Å². The molecule has 1 N–H and O–H groups in total. The van der Waals surface area contributed by atoms with Crippen LogP contribution >= 0.6 is 0 Å². The minimum Gasteiger partial charge on any atom is -0.476 e. The van der Waals surface area contributed by atoms with E-state index in [-0.39, 0.29) is 17.8 Å². The second-order valence-electron chi connectivity index (χ2n) is 3.99. The first-order chi connectivity index (χ1) is 9.15. The maximum absolute atomic E-state index is 12.1. The van der Waals surface area contributed by atoms with E-state index in [1.165, 1.54) is 0 Å². The van der Waals surface area contributed by atoms with Gasteiger partial charge >= 0.3 is 5.97 Å². The molecule has 1 aromatic carbocycles. The summed E-state index contributed by atoms with van der Waals surface area (Å²) in [6.07, 6.45) is 0.754. The van der Waals surface area contributed by atoms with Crippen molar-refractivity contribution in [2.75, 3.05) is 0 Å². The quantitative estimate of drug-likeness (QED) is 0.835. The Labute approximate surface area is 108 Å². The molecule has 0 bridgehead atoms. The van der Waals surface area contributed by atoms with Crippen LogP contribution in [0.5, 0.6) is 0 Å². The molecule has 6 nitrogen and oxygen atoms in total. The Kier molecular flexibility index (Phi) is 3.57. The molecule has 6 heteroatoms. The zero-order valence-electron chi connectivity index (χ0n) is 10.0. The smallest absolute Gasteiger partial charge is 0.357 e. The number of aromatic nitrogens is 2. The highest BCUT2D eigenvalue weighted by Gasteiger charge is 2.15. The lowest BCUT2D eigenvalue weighted by molar-refractivity contribution is 0.0690. The molecule has 0 unspecified atom stereocenters. The molecular formula is C13H11N3O3. The normalized spacial score (nSPS) is 10.3. The Morgan fingerprint density at radius 3 is 2.68 bits per heavy atom. The van der Waals surface area contributed by atoms with E-state index in [0.29, 0.717) is 23.6 Å². The van der Waals surface area contributed by atoms with Crippen LogP contribution in [0, 0.1) is 11.3 Å². The molecule has 0 spiro atoms. The maximum atomic E-state index is 12.1. The van der Waals surface area contributed by atoms with E-state index >= 15 is 0 Å². The van der Waals surface area contributed by atoms with Gasteiger partial charge in [-0.1, -0.05) is 18.2 Å². The monoisotopic (exact) mass is 257 g/mol. The highest BCUT2D eigenvalue weighted by atomic mass is 16.4. The molecule has 1 aromatic heterocycles. The number of nitriles is 1. The summed E-state index contributed by atoms with van der Waals surface area (Å²) in [6.45, 7) is 0.234. The number of carbonyl (C=O) groups is 1.